The van der Waals surface area contributed by atoms with E-state index in [2.05, 4.69) is 15.5 Å². The number of carbonyl (C=O) groups excluding carboxylic acids is 1. The van der Waals surface area contributed by atoms with Gasteiger partial charge in [-0.1, -0.05) is 24.3 Å². The normalized spacial score (nSPS) is 11.2. The highest BCUT2D eigenvalue weighted by Gasteiger charge is 2.19. The van der Waals surface area contributed by atoms with Crippen LogP contribution in [0.2, 0.25) is 0 Å². The number of ether oxygens (including phenoxy) is 1. The van der Waals surface area contributed by atoms with Crippen LogP contribution in [-0.2, 0) is 0 Å². The Labute approximate surface area is 188 Å². The van der Waals surface area contributed by atoms with Crippen molar-refractivity contribution in [2.24, 2.45) is 10.2 Å². The topological polar surface area (TPSA) is 130 Å². The Morgan fingerprint density at radius 1 is 0.938 bits per heavy atom. The van der Waals surface area contributed by atoms with E-state index in [4.69, 9.17) is 22.7 Å². The van der Waals surface area contributed by atoms with Crippen LogP contribution in [-0.4, -0.2) is 28.3 Å². The van der Waals surface area contributed by atoms with Crippen molar-refractivity contribution >= 4 is 56.2 Å². The summed E-state index contributed by atoms with van der Waals surface area (Å²) in [6.45, 7) is 0. The van der Waals surface area contributed by atoms with Gasteiger partial charge in [-0.25, -0.2) is 0 Å². The number of rotatable bonds is 3. The molecule has 0 radical (unpaired) electrons. The SMILES string of the molecule is COc1ccc(NC(=S)N=NC(=O)c2ccc3c(O)c4ccccc4c(O)c3c2N)cc1. The maximum absolute atomic E-state index is 12.6. The van der Waals surface area contributed by atoms with Crippen LogP contribution in [0.15, 0.2) is 70.9 Å². The van der Waals surface area contributed by atoms with E-state index in [1.807, 2.05) is 0 Å². The Hall–Kier alpha value is -4.24. The zero-order valence-electron chi connectivity index (χ0n) is 16.9. The van der Waals surface area contributed by atoms with Crippen LogP contribution in [0.25, 0.3) is 21.5 Å². The number of hydrogen-bond acceptors (Lipinski definition) is 6. The molecule has 5 N–H and O–H groups in total. The molecule has 0 bridgehead atoms. The number of hydrogen-bond donors (Lipinski definition) is 4. The van der Waals surface area contributed by atoms with Crippen molar-refractivity contribution in [2.75, 3.05) is 18.2 Å². The highest BCUT2D eigenvalue weighted by Crippen LogP contribution is 2.44. The van der Waals surface area contributed by atoms with Crippen LogP contribution < -0.4 is 15.8 Å². The monoisotopic (exact) mass is 446 g/mol. The van der Waals surface area contributed by atoms with E-state index < -0.39 is 5.91 Å². The summed E-state index contributed by atoms with van der Waals surface area (Å²) in [7, 11) is 1.56. The van der Waals surface area contributed by atoms with E-state index in [1.54, 1.807) is 55.6 Å². The van der Waals surface area contributed by atoms with E-state index >= 15 is 0 Å². The summed E-state index contributed by atoms with van der Waals surface area (Å²) in [5.41, 5.74) is 6.85. The lowest BCUT2D eigenvalue weighted by Gasteiger charge is -2.13. The zero-order chi connectivity index (χ0) is 22.8. The average Bonchev–Trinajstić information content (AvgIpc) is 2.81. The number of nitrogen functional groups attached to an aromatic ring is 1. The predicted molar refractivity (Wildman–Crippen MR) is 128 cm³/mol. The minimum absolute atomic E-state index is 0.0148. The Kier molecular flexibility index (Phi) is 5.57. The van der Waals surface area contributed by atoms with Crippen LogP contribution in [0, 0.1) is 0 Å². The second-order valence-corrected chi connectivity index (χ2v) is 7.24. The number of nitrogens with two attached hydrogens (primary N) is 1. The highest BCUT2D eigenvalue weighted by atomic mass is 32.1. The smallest absolute Gasteiger partial charge is 0.297 e. The number of aromatic hydroxyl groups is 2. The van der Waals surface area contributed by atoms with Gasteiger partial charge in [-0.05, 0) is 48.6 Å². The molecule has 0 spiro atoms. The van der Waals surface area contributed by atoms with Crippen molar-refractivity contribution in [3.63, 3.8) is 0 Å². The molecule has 1 amide bonds. The number of benzene rings is 4. The molecule has 0 atom stereocenters. The first-order valence-corrected chi connectivity index (χ1v) is 9.87. The molecular formula is C23H18N4O4S. The van der Waals surface area contributed by atoms with Gasteiger partial charge in [-0.15, -0.1) is 10.2 Å². The number of nitrogens with zero attached hydrogens (tertiary/aromatic N) is 2. The van der Waals surface area contributed by atoms with Crippen molar-refractivity contribution in [3.8, 4) is 17.2 Å². The fraction of sp³-hybridized carbons (Fsp3) is 0.0435. The van der Waals surface area contributed by atoms with Gasteiger partial charge in [0.15, 0.2) is 0 Å². The minimum Gasteiger partial charge on any atom is -0.507 e. The third-order valence-electron chi connectivity index (χ3n) is 4.98. The van der Waals surface area contributed by atoms with Gasteiger partial charge >= 0.3 is 0 Å². The maximum Gasteiger partial charge on any atom is 0.297 e. The fourth-order valence-electron chi connectivity index (χ4n) is 3.40. The van der Waals surface area contributed by atoms with Crippen molar-refractivity contribution < 1.29 is 19.7 Å². The lowest BCUT2D eigenvalue weighted by Crippen LogP contribution is -2.07. The standard InChI is InChI=1S/C23H18N4O4S/c1-31-13-8-6-12(7-9-13)25-23(32)27-26-22(30)17-11-10-16-18(19(17)24)21(29)15-5-3-2-4-14(15)20(16)28/h2-11,28-29H,24H2,1H3,(H,25,32). The number of anilines is 2. The van der Waals surface area contributed by atoms with E-state index in [9.17, 15) is 15.0 Å². The number of phenolic OH excluding ortho intramolecular Hbond substituents is 2. The molecule has 4 aromatic rings. The lowest BCUT2D eigenvalue weighted by molar-refractivity contribution is 0.0996. The van der Waals surface area contributed by atoms with E-state index in [0.29, 0.717) is 27.6 Å². The van der Waals surface area contributed by atoms with Crippen LogP contribution >= 0.6 is 12.2 Å². The molecule has 0 aliphatic heterocycles. The first-order chi connectivity index (χ1) is 15.4. The Morgan fingerprint density at radius 3 is 2.25 bits per heavy atom. The zero-order valence-corrected chi connectivity index (χ0v) is 17.7. The summed E-state index contributed by atoms with van der Waals surface area (Å²) in [5, 5.41) is 32.9. The predicted octanol–water partition coefficient (Wildman–Crippen LogP) is 4.98. The van der Waals surface area contributed by atoms with E-state index in [0.717, 1.165) is 0 Å². The second kappa shape index (κ2) is 8.48. The number of phenols is 2. The van der Waals surface area contributed by atoms with Crippen molar-refractivity contribution in [1.29, 1.82) is 0 Å². The summed E-state index contributed by atoms with van der Waals surface area (Å²) < 4.78 is 5.09. The fourth-order valence-corrected chi connectivity index (χ4v) is 3.56. The van der Waals surface area contributed by atoms with Gasteiger partial charge in [0.05, 0.1) is 23.7 Å². The van der Waals surface area contributed by atoms with Gasteiger partial charge in [0.1, 0.15) is 17.2 Å². The molecule has 0 saturated heterocycles. The third-order valence-corrected chi connectivity index (χ3v) is 5.16. The number of azo groups is 1. The summed E-state index contributed by atoms with van der Waals surface area (Å²) >= 11 is 5.11. The second-order valence-electron chi connectivity index (χ2n) is 6.86. The van der Waals surface area contributed by atoms with E-state index in [-0.39, 0.29) is 33.2 Å². The van der Waals surface area contributed by atoms with Gasteiger partial charge in [0, 0.05) is 21.8 Å². The number of thiocarbonyl (C=S) groups is 1. The van der Waals surface area contributed by atoms with Crippen LogP contribution in [0.3, 0.4) is 0 Å². The van der Waals surface area contributed by atoms with Crippen molar-refractivity contribution in [2.45, 2.75) is 0 Å². The van der Waals surface area contributed by atoms with Gasteiger partial charge in [-0.3, -0.25) is 4.79 Å². The molecule has 0 aliphatic carbocycles. The van der Waals surface area contributed by atoms with Gasteiger partial charge in [0.25, 0.3) is 5.91 Å². The number of nitrogens with one attached hydrogen (secondary N) is 1. The molecule has 160 valence electrons. The molecule has 0 saturated carbocycles. The largest absolute Gasteiger partial charge is 0.507 e. The summed E-state index contributed by atoms with van der Waals surface area (Å²) in [4.78, 5) is 12.6. The number of amides is 1. The Morgan fingerprint density at radius 2 is 1.59 bits per heavy atom. The van der Waals surface area contributed by atoms with Gasteiger partial charge in [-0.2, -0.15) is 0 Å². The molecule has 0 aromatic heterocycles. The lowest BCUT2D eigenvalue weighted by atomic mass is 9.97. The molecule has 0 heterocycles. The molecular weight excluding hydrogens is 428 g/mol. The van der Waals surface area contributed by atoms with Crippen molar-refractivity contribution in [3.05, 3.63) is 66.2 Å². The number of fused-ring (bicyclic) bond motifs is 2. The Balaban J connectivity index is 1.63. The highest BCUT2D eigenvalue weighted by molar-refractivity contribution is 7.80. The third kappa shape index (κ3) is 3.77. The minimum atomic E-state index is -0.740. The molecule has 0 unspecified atom stereocenters. The summed E-state index contributed by atoms with van der Waals surface area (Å²) in [5.74, 6) is -0.220. The molecule has 0 fully saturated rings. The Bertz CT molecular complexity index is 1400. The molecule has 9 heteroatoms. The van der Waals surface area contributed by atoms with Crippen LogP contribution in [0.1, 0.15) is 10.4 Å². The number of carbonyl (C=O) groups is 1. The van der Waals surface area contributed by atoms with Crippen LogP contribution in [0.4, 0.5) is 11.4 Å². The molecule has 4 rings (SSSR count). The average molecular weight is 446 g/mol. The molecule has 32 heavy (non-hydrogen) atoms. The first kappa shape index (κ1) is 21.0. The molecule has 8 nitrogen and oxygen atoms in total. The molecule has 0 aliphatic rings. The summed E-state index contributed by atoms with van der Waals surface area (Å²) in [6.07, 6.45) is 0. The first-order valence-electron chi connectivity index (χ1n) is 9.46. The van der Waals surface area contributed by atoms with Crippen LogP contribution in [0.5, 0.6) is 17.2 Å². The molecule has 4 aromatic carbocycles. The quantitative estimate of drug-likeness (QED) is 0.115. The summed E-state index contributed by atoms with van der Waals surface area (Å²) in [6, 6.07) is 16.7. The maximum atomic E-state index is 12.6. The van der Waals surface area contributed by atoms with Gasteiger partial charge < -0.3 is 26.0 Å². The van der Waals surface area contributed by atoms with Crippen molar-refractivity contribution in [1.82, 2.24) is 0 Å². The van der Waals surface area contributed by atoms with E-state index in [1.165, 1.54) is 12.1 Å². The van der Waals surface area contributed by atoms with Gasteiger partial charge in [0.2, 0.25) is 5.11 Å². The number of methoxy groups -OCH3 is 1.